The van der Waals surface area contributed by atoms with Crippen LogP contribution in [0.5, 0.6) is 5.75 Å². The van der Waals surface area contributed by atoms with Crippen LogP contribution < -0.4 is 4.74 Å². The smallest absolute Gasteiger partial charge is 0.305 e. The van der Waals surface area contributed by atoms with E-state index >= 15 is 0 Å². The molecule has 0 N–H and O–H groups in total. The number of esters is 1. The fourth-order valence-corrected chi connectivity index (χ4v) is 4.37. The monoisotopic (exact) mass is 455 g/mol. The fraction of sp³-hybridized carbons (Fsp3) is 0.292. The molecule has 2 aromatic rings. The van der Waals surface area contributed by atoms with Gasteiger partial charge in [0, 0.05) is 13.0 Å². The van der Waals surface area contributed by atoms with Crippen molar-refractivity contribution in [3.63, 3.8) is 0 Å². The number of hydrogen-bond acceptors (Lipinski definition) is 6. The number of carbonyl (C=O) groups excluding carboxylic acids is 2. The van der Waals surface area contributed by atoms with Crippen LogP contribution in [-0.4, -0.2) is 34.8 Å². The molecule has 31 heavy (non-hydrogen) atoms. The third-order valence-corrected chi connectivity index (χ3v) is 6.17. The number of nitrogens with zero attached hydrogens (tertiary/aromatic N) is 1. The number of thiocarbonyl (C=S) groups is 1. The molecule has 0 spiro atoms. The molecular weight excluding hydrogens is 430 g/mol. The lowest BCUT2D eigenvalue weighted by atomic mass is 10.2. The first-order valence-corrected chi connectivity index (χ1v) is 11.4. The van der Waals surface area contributed by atoms with Gasteiger partial charge in [0.25, 0.3) is 5.91 Å². The maximum atomic E-state index is 12.7. The summed E-state index contributed by atoms with van der Waals surface area (Å²) in [4.78, 5) is 26.1. The Bertz CT molecular complexity index is 942. The Morgan fingerprint density at radius 3 is 2.52 bits per heavy atom. The minimum absolute atomic E-state index is 0.0626. The maximum absolute atomic E-state index is 12.7. The van der Waals surface area contributed by atoms with Crippen molar-refractivity contribution >= 4 is 46.3 Å². The summed E-state index contributed by atoms with van der Waals surface area (Å²) >= 11 is 6.71. The number of unbranched alkanes of at least 4 members (excludes halogenated alkanes) is 2. The molecule has 1 heterocycles. The van der Waals surface area contributed by atoms with E-state index in [2.05, 4.69) is 4.74 Å². The molecule has 0 bridgehead atoms. The standard InChI is InChI=1S/C24H25NO4S2/c1-28-22(26)10-6-3-7-15-25-23(27)21(31-24(25)30)16-18-11-13-20(14-12-18)29-17-19-8-4-2-5-9-19/h2,4-5,8-9,11-14,16H,3,6-7,10,15,17H2,1H3/b21-16-. The quantitative estimate of drug-likeness (QED) is 0.212. The van der Waals surface area contributed by atoms with Crippen LogP contribution in [0, 0.1) is 0 Å². The first-order chi connectivity index (χ1) is 15.1. The minimum Gasteiger partial charge on any atom is -0.489 e. The average Bonchev–Trinajstić information content (AvgIpc) is 3.06. The zero-order chi connectivity index (χ0) is 22.1. The minimum atomic E-state index is -0.204. The summed E-state index contributed by atoms with van der Waals surface area (Å²) in [5, 5.41) is 0. The summed E-state index contributed by atoms with van der Waals surface area (Å²) in [6.45, 7) is 1.08. The molecule has 0 unspecified atom stereocenters. The van der Waals surface area contributed by atoms with Crippen LogP contribution in [0.25, 0.3) is 6.08 Å². The number of thioether (sulfide) groups is 1. The van der Waals surface area contributed by atoms with Crippen molar-refractivity contribution in [3.05, 3.63) is 70.6 Å². The van der Waals surface area contributed by atoms with Crippen molar-refractivity contribution in [2.75, 3.05) is 13.7 Å². The normalized spacial score (nSPS) is 14.9. The van der Waals surface area contributed by atoms with Crippen LogP contribution in [0.4, 0.5) is 0 Å². The van der Waals surface area contributed by atoms with Gasteiger partial charge in [-0.05, 0) is 42.2 Å². The van der Waals surface area contributed by atoms with Gasteiger partial charge in [0.1, 0.15) is 16.7 Å². The Kier molecular flexibility index (Phi) is 8.67. The highest BCUT2D eigenvalue weighted by atomic mass is 32.2. The summed E-state index contributed by atoms with van der Waals surface area (Å²) in [7, 11) is 1.39. The SMILES string of the molecule is COC(=O)CCCCCN1C(=O)/C(=C/c2ccc(OCc3ccccc3)cc2)SC1=S. The lowest BCUT2D eigenvalue weighted by Gasteiger charge is -2.13. The molecule has 0 saturated carbocycles. The molecule has 0 aliphatic carbocycles. The molecule has 162 valence electrons. The summed E-state index contributed by atoms with van der Waals surface area (Å²) in [6, 6.07) is 17.7. The maximum Gasteiger partial charge on any atom is 0.305 e. The van der Waals surface area contributed by atoms with Crippen molar-refractivity contribution in [1.29, 1.82) is 0 Å². The van der Waals surface area contributed by atoms with Crippen LogP contribution in [0.15, 0.2) is 59.5 Å². The third kappa shape index (κ3) is 6.94. The van der Waals surface area contributed by atoms with Crippen molar-refractivity contribution in [3.8, 4) is 5.75 Å². The molecule has 0 atom stereocenters. The molecule has 2 aromatic carbocycles. The van der Waals surface area contributed by atoms with Crippen LogP contribution in [0.3, 0.4) is 0 Å². The topological polar surface area (TPSA) is 55.8 Å². The number of amides is 1. The lowest BCUT2D eigenvalue weighted by Crippen LogP contribution is -2.29. The number of benzene rings is 2. The largest absolute Gasteiger partial charge is 0.489 e. The van der Waals surface area contributed by atoms with Gasteiger partial charge in [0.2, 0.25) is 0 Å². The van der Waals surface area contributed by atoms with Gasteiger partial charge in [-0.3, -0.25) is 14.5 Å². The average molecular weight is 456 g/mol. The van der Waals surface area contributed by atoms with Gasteiger partial charge < -0.3 is 9.47 Å². The molecule has 1 fully saturated rings. The van der Waals surface area contributed by atoms with Crippen LogP contribution >= 0.6 is 24.0 Å². The van der Waals surface area contributed by atoms with E-state index in [0.717, 1.165) is 36.1 Å². The fourth-order valence-electron chi connectivity index (χ4n) is 3.06. The van der Waals surface area contributed by atoms with Gasteiger partial charge >= 0.3 is 5.97 Å². The van der Waals surface area contributed by atoms with E-state index in [0.29, 0.717) is 28.8 Å². The molecule has 0 aromatic heterocycles. The molecule has 1 aliphatic rings. The molecular formula is C24H25NO4S2. The zero-order valence-corrected chi connectivity index (χ0v) is 19.0. The van der Waals surface area contributed by atoms with Crippen LogP contribution in [0.1, 0.15) is 36.8 Å². The first kappa shape index (κ1) is 23.0. The van der Waals surface area contributed by atoms with Gasteiger partial charge in [-0.25, -0.2) is 0 Å². The second-order valence-electron chi connectivity index (χ2n) is 7.06. The molecule has 3 rings (SSSR count). The zero-order valence-electron chi connectivity index (χ0n) is 17.4. The van der Waals surface area contributed by atoms with Crippen molar-refractivity contribution in [1.82, 2.24) is 4.90 Å². The van der Waals surface area contributed by atoms with Crippen molar-refractivity contribution in [2.24, 2.45) is 0 Å². The Morgan fingerprint density at radius 2 is 1.81 bits per heavy atom. The lowest BCUT2D eigenvalue weighted by molar-refractivity contribution is -0.140. The van der Waals surface area contributed by atoms with E-state index in [4.69, 9.17) is 17.0 Å². The first-order valence-electron chi connectivity index (χ1n) is 10.2. The van der Waals surface area contributed by atoms with E-state index in [-0.39, 0.29) is 11.9 Å². The van der Waals surface area contributed by atoms with Gasteiger partial charge in [-0.15, -0.1) is 0 Å². The van der Waals surface area contributed by atoms with Gasteiger partial charge in [-0.1, -0.05) is 72.9 Å². The number of ether oxygens (including phenoxy) is 2. The highest BCUT2D eigenvalue weighted by molar-refractivity contribution is 8.26. The van der Waals surface area contributed by atoms with E-state index in [1.54, 1.807) is 4.90 Å². The van der Waals surface area contributed by atoms with Gasteiger partial charge in [0.05, 0.1) is 12.0 Å². The summed E-state index contributed by atoms with van der Waals surface area (Å²) < 4.78 is 11.0. The van der Waals surface area contributed by atoms with Gasteiger partial charge in [0.15, 0.2) is 0 Å². The number of rotatable bonds is 10. The highest BCUT2D eigenvalue weighted by Gasteiger charge is 2.31. The summed E-state index contributed by atoms with van der Waals surface area (Å²) in [5.41, 5.74) is 2.03. The second kappa shape index (κ2) is 11.7. The summed E-state index contributed by atoms with van der Waals surface area (Å²) in [5.74, 6) is 0.512. The Labute approximate surface area is 192 Å². The van der Waals surface area contributed by atoms with Crippen LogP contribution in [-0.2, 0) is 20.9 Å². The Hall–Kier alpha value is -2.64. The predicted octanol–water partition coefficient (Wildman–Crippen LogP) is 5.20. The highest BCUT2D eigenvalue weighted by Crippen LogP contribution is 2.33. The second-order valence-corrected chi connectivity index (χ2v) is 8.74. The Morgan fingerprint density at radius 1 is 1.06 bits per heavy atom. The predicted molar refractivity (Wildman–Crippen MR) is 128 cm³/mol. The Balaban J connectivity index is 1.50. The van der Waals surface area contributed by atoms with E-state index in [9.17, 15) is 9.59 Å². The molecule has 1 saturated heterocycles. The van der Waals surface area contributed by atoms with Crippen molar-refractivity contribution < 1.29 is 19.1 Å². The van der Waals surface area contributed by atoms with E-state index < -0.39 is 0 Å². The molecule has 1 aliphatic heterocycles. The molecule has 7 heteroatoms. The van der Waals surface area contributed by atoms with E-state index in [1.807, 2.05) is 60.7 Å². The summed E-state index contributed by atoms with van der Waals surface area (Å²) in [6.07, 6.45) is 4.65. The van der Waals surface area contributed by atoms with E-state index in [1.165, 1.54) is 18.9 Å². The molecule has 0 radical (unpaired) electrons. The number of carbonyl (C=O) groups is 2. The number of hydrogen-bond donors (Lipinski definition) is 0. The third-order valence-electron chi connectivity index (χ3n) is 4.79. The molecule has 1 amide bonds. The number of methoxy groups -OCH3 is 1. The molecule has 5 nitrogen and oxygen atoms in total. The van der Waals surface area contributed by atoms with Gasteiger partial charge in [-0.2, -0.15) is 0 Å². The van der Waals surface area contributed by atoms with Crippen LogP contribution in [0.2, 0.25) is 0 Å². The van der Waals surface area contributed by atoms with Crippen molar-refractivity contribution in [2.45, 2.75) is 32.3 Å².